The molecule has 0 aromatic carbocycles. The summed E-state index contributed by atoms with van der Waals surface area (Å²) in [5.41, 5.74) is 0. The van der Waals surface area contributed by atoms with Gasteiger partial charge in [-0.3, -0.25) is 4.79 Å². The molecule has 1 unspecified atom stereocenters. The van der Waals surface area contributed by atoms with Gasteiger partial charge >= 0.3 is 0 Å². The molecule has 0 spiro atoms. The Morgan fingerprint density at radius 1 is 1.33 bits per heavy atom. The summed E-state index contributed by atoms with van der Waals surface area (Å²) >= 11 is 0. The highest BCUT2D eigenvalue weighted by Gasteiger charge is 2.16. The monoisotopic (exact) mass is 256 g/mol. The van der Waals surface area contributed by atoms with Gasteiger partial charge in [-0.2, -0.15) is 0 Å². The maximum absolute atomic E-state index is 11.9. The van der Waals surface area contributed by atoms with Gasteiger partial charge in [0.25, 0.3) is 0 Å². The molecule has 4 nitrogen and oxygen atoms in total. The van der Waals surface area contributed by atoms with Crippen LogP contribution in [0.15, 0.2) is 0 Å². The van der Waals surface area contributed by atoms with Gasteiger partial charge in [0.05, 0.1) is 13.2 Å². The lowest BCUT2D eigenvalue weighted by Gasteiger charge is -2.27. The second-order valence-corrected chi connectivity index (χ2v) is 5.09. The molecule has 0 aromatic heterocycles. The molecule has 0 saturated carbocycles. The van der Waals surface area contributed by atoms with Crippen LogP contribution in [0.5, 0.6) is 0 Å². The molecule has 0 aromatic rings. The molecular weight excluding hydrogens is 228 g/mol. The van der Waals surface area contributed by atoms with Crippen molar-refractivity contribution in [3.05, 3.63) is 0 Å². The summed E-state index contributed by atoms with van der Waals surface area (Å²) in [4.78, 5) is 13.8. The van der Waals surface area contributed by atoms with Crippen LogP contribution in [0.25, 0.3) is 0 Å². The van der Waals surface area contributed by atoms with Crippen LogP contribution in [0.1, 0.15) is 46.0 Å². The Morgan fingerprint density at radius 3 is 2.72 bits per heavy atom. The second-order valence-electron chi connectivity index (χ2n) is 5.09. The first-order valence-corrected chi connectivity index (χ1v) is 7.33. The molecule has 18 heavy (non-hydrogen) atoms. The lowest BCUT2D eigenvalue weighted by Crippen LogP contribution is -2.42. The fourth-order valence-electron chi connectivity index (χ4n) is 2.20. The number of amides is 1. The highest BCUT2D eigenvalue weighted by atomic mass is 16.5. The fraction of sp³-hybridized carbons (Fsp3) is 0.929. The van der Waals surface area contributed by atoms with Gasteiger partial charge in [0, 0.05) is 32.1 Å². The molecule has 1 aliphatic rings. The average molecular weight is 256 g/mol. The van der Waals surface area contributed by atoms with Gasteiger partial charge in [-0.15, -0.1) is 0 Å². The zero-order valence-corrected chi connectivity index (χ0v) is 11.9. The van der Waals surface area contributed by atoms with E-state index >= 15 is 0 Å². The highest BCUT2D eigenvalue weighted by Crippen LogP contribution is 2.03. The average Bonchev–Trinajstić information content (AvgIpc) is 2.40. The Balaban J connectivity index is 2.03. The van der Waals surface area contributed by atoms with E-state index in [-0.39, 0.29) is 5.91 Å². The van der Waals surface area contributed by atoms with Crippen LogP contribution in [0.3, 0.4) is 0 Å². The number of carbonyl (C=O) groups excluding carboxylic acids is 1. The summed E-state index contributed by atoms with van der Waals surface area (Å²) in [5, 5.41) is 3.43. The van der Waals surface area contributed by atoms with Crippen molar-refractivity contribution < 1.29 is 9.53 Å². The third-order valence-corrected chi connectivity index (χ3v) is 3.44. The number of carbonyl (C=O) groups is 1. The number of hydrogen-bond acceptors (Lipinski definition) is 3. The lowest BCUT2D eigenvalue weighted by atomic mass is 10.1. The number of nitrogens with one attached hydrogen (secondary N) is 1. The van der Waals surface area contributed by atoms with Gasteiger partial charge in [-0.25, -0.2) is 0 Å². The van der Waals surface area contributed by atoms with Crippen molar-refractivity contribution in [1.82, 2.24) is 10.2 Å². The summed E-state index contributed by atoms with van der Waals surface area (Å²) in [6, 6.07) is 0.522. The van der Waals surface area contributed by atoms with E-state index in [0.29, 0.717) is 25.7 Å². The second kappa shape index (κ2) is 9.34. The van der Waals surface area contributed by atoms with Gasteiger partial charge in [-0.1, -0.05) is 26.2 Å². The quantitative estimate of drug-likeness (QED) is 0.673. The SMILES string of the molecule is CCCCCC(C)NCCC(=O)N1CCOCC1. The smallest absolute Gasteiger partial charge is 0.224 e. The highest BCUT2D eigenvalue weighted by molar-refractivity contribution is 5.76. The molecular formula is C14H28N2O2. The number of unbranched alkanes of at least 4 members (excludes halogenated alkanes) is 2. The Morgan fingerprint density at radius 2 is 2.06 bits per heavy atom. The Hall–Kier alpha value is -0.610. The minimum atomic E-state index is 0.256. The van der Waals surface area contributed by atoms with E-state index in [0.717, 1.165) is 19.6 Å². The van der Waals surface area contributed by atoms with Crippen molar-refractivity contribution in [3.8, 4) is 0 Å². The first-order valence-electron chi connectivity index (χ1n) is 7.33. The number of ether oxygens (including phenoxy) is 1. The van der Waals surface area contributed by atoms with Crippen molar-refractivity contribution >= 4 is 5.91 Å². The Labute approximate surface area is 111 Å². The molecule has 1 aliphatic heterocycles. The first kappa shape index (κ1) is 15.4. The summed E-state index contributed by atoms with van der Waals surface area (Å²) in [5.74, 6) is 0.256. The van der Waals surface area contributed by atoms with Crippen LogP contribution in [-0.2, 0) is 9.53 Å². The maximum atomic E-state index is 11.9. The summed E-state index contributed by atoms with van der Waals surface area (Å²) in [7, 11) is 0. The molecule has 1 atom stereocenters. The number of morpholine rings is 1. The molecule has 1 fully saturated rings. The predicted molar refractivity (Wildman–Crippen MR) is 73.6 cm³/mol. The van der Waals surface area contributed by atoms with Crippen molar-refractivity contribution in [2.75, 3.05) is 32.8 Å². The van der Waals surface area contributed by atoms with Gasteiger partial charge in [0.1, 0.15) is 0 Å². The van der Waals surface area contributed by atoms with E-state index in [1.807, 2.05) is 4.90 Å². The van der Waals surface area contributed by atoms with E-state index in [9.17, 15) is 4.79 Å². The van der Waals surface area contributed by atoms with Crippen LogP contribution in [0, 0.1) is 0 Å². The third-order valence-electron chi connectivity index (χ3n) is 3.44. The predicted octanol–water partition coefficient (Wildman–Crippen LogP) is 1.79. The zero-order valence-electron chi connectivity index (χ0n) is 11.9. The summed E-state index contributed by atoms with van der Waals surface area (Å²) < 4.78 is 5.24. The summed E-state index contributed by atoms with van der Waals surface area (Å²) in [6.45, 7) is 8.10. The zero-order chi connectivity index (χ0) is 13.2. The van der Waals surface area contributed by atoms with Crippen molar-refractivity contribution in [2.24, 2.45) is 0 Å². The van der Waals surface area contributed by atoms with Gasteiger partial charge < -0.3 is 15.0 Å². The van der Waals surface area contributed by atoms with E-state index in [1.54, 1.807) is 0 Å². The van der Waals surface area contributed by atoms with E-state index in [4.69, 9.17) is 4.74 Å². The molecule has 0 bridgehead atoms. The Bertz CT molecular complexity index is 228. The first-order chi connectivity index (χ1) is 8.74. The molecule has 0 aliphatic carbocycles. The third kappa shape index (κ3) is 6.36. The van der Waals surface area contributed by atoms with E-state index in [1.165, 1.54) is 25.7 Å². The fourth-order valence-corrected chi connectivity index (χ4v) is 2.20. The van der Waals surface area contributed by atoms with Crippen LogP contribution < -0.4 is 5.32 Å². The molecule has 4 heteroatoms. The van der Waals surface area contributed by atoms with E-state index < -0.39 is 0 Å². The molecule has 106 valence electrons. The van der Waals surface area contributed by atoms with Crippen LogP contribution in [0.2, 0.25) is 0 Å². The largest absolute Gasteiger partial charge is 0.378 e. The topological polar surface area (TPSA) is 41.6 Å². The molecule has 1 heterocycles. The Kier molecular flexibility index (Phi) is 8.01. The van der Waals surface area contributed by atoms with Gasteiger partial charge in [0.15, 0.2) is 0 Å². The van der Waals surface area contributed by atoms with Crippen molar-refractivity contribution in [3.63, 3.8) is 0 Å². The maximum Gasteiger partial charge on any atom is 0.224 e. The van der Waals surface area contributed by atoms with Crippen LogP contribution >= 0.6 is 0 Å². The van der Waals surface area contributed by atoms with Crippen LogP contribution in [0.4, 0.5) is 0 Å². The number of nitrogens with zero attached hydrogens (tertiary/aromatic N) is 1. The van der Waals surface area contributed by atoms with Crippen molar-refractivity contribution in [2.45, 2.75) is 52.0 Å². The van der Waals surface area contributed by atoms with Gasteiger partial charge in [-0.05, 0) is 13.3 Å². The number of rotatable bonds is 8. The molecule has 1 rings (SSSR count). The van der Waals surface area contributed by atoms with E-state index in [2.05, 4.69) is 19.2 Å². The van der Waals surface area contributed by atoms with Gasteiger partial charge in [0.2, 0.25) is 5.91 Å². The lowest BCUT2D eigenvalue weighted by molar-refractivity contribution is -0.135. The molecule has 1 saturated heterocycles. The normalized spacial score (nSPS) is 17.8. The van der Waals surface area contributed by atoms with Crippen molar-refractivity contribution in [1.29, 1.82) is 0 Å². The number of hydrogen-bond donors (Lipinski definition) is 1. The molecule has 1 N–H and O–H groups in total. The summed E-state index contributed by atoms with van der Waals surface area (Å²) in [6.07, 6.45) is 5.67. The molecule has 1 amide bonds. The molecule has 0 radical (unpaired) electrons. The standard InChI is InChI=1S/C14H28N2O2/c1-3-4-5-6-13(2)15-8-7-14(17)16-9-11-18-12-10-16/h13,15H,3-12H2,1-2H3. The minimum absolute atomic E-state index is 0.256. The van der Waals surface area contributed by atoms with Crippen LogP contribution in [-0.4, -0.2) is 49.7 Å². The minimum Gasteiger partial charge on any atom is -0.378 e.